The van der Waals surface area contributed by atoms with Crippen molar-refractivity contribution in [1.29, 1.82) is 5.26 Å². The van der Waals surface area contributed by atoms with E-state index < -0.39 is 4.92 Å². The molecule has 0 aromatic heterocycles. The van der Waals surface area contributed by atoms with Crippen molar-refractivity contribution in [3.63, 3.8) is 0 Å². The third-order valence-corrected chi connectivity index (χ3v) is 3.82. The van der Waals surface area contributed by atoms with Gasteiger partial charge >= 0.3 is 0 Å². The van der Waals surface area contributed by atoms with Crippen LogP contribution in [0.15, 0.2) is 77.9 Å². The van der Waals surface area contributed by atoms with Crippen molar-refractivity contribution in [3.05, 3.63) is 99.6 Å². The van der Waals surface area contributed by atoms with Gasteiger partial charge in [-0.1, -0.05) is 18.2 Å². The van der Waals surface area contributed by atoms with Crippen molar-refractivity contribution >= 4 is 17.8 Å². The summed E-state index contributed by atoms with van der Waals surface area (Å²) in [6, 6.07) is 21.1. The number of hydrogen-bond acceptors (Lipinski definition) is 6. The number of carbonyl (C=O) groups excluding carboxylic acids is 1. The van der Waals surface area contributed by atoms with E-state index in [-0.39, 0.29) is 22.9 Å². The van der Waals surface area contributed by atoms with Gasteiger partial charge in [0.05, 0.1) is 11.1 Å². The summed E-state index contributed by atoms with van der Waals surface area (Å²) < 4.78 is 5.63. The third kappa shape index (κ3) is 5.02. The molecule has 29 heavy (non-hydrogen) atoms. The molecule has 0 saturated carbocycles. The number of amides is 1. The molecule has 1 amide bonds. The molecule has 3 aromatic rings. The fourth-order valence-electron chi connectivity index (χ4n) is 2.38. The van der Waals surface area contributed by atoms with Gasteiger partial charge in [-0.25, -0.2) is 5.43 Å². The van der Waals surface area contributed by atoms with Crippen molar-refractivity contribution in [2.45, 2.75) is 0 Å². The zero-order chi connectivity index (χ0) is 20.6. The van der Waals surface area contributed by atoms with Crippen molar-refractivity contribution in [2.24, 2.45) is 5.10 Å². The lowest BCUT2D eigenvalue weighted by Gasteiger charge is -2.07. The second-order valence-corrected chi connectivity index (χ2v) is 5.79. The summed E-state index contributed by atoms with van der Waals surface area (Å²) in [6.07, 6.45) is 1.48. The Kier molecular flexibility index (Phi) is 5.93. The van der Waals surface area contributed by atoms with Crippen LogP contribution in [0.2, 0.25) is 0 Å². The number of ether oxygens (including phenoxy) is 1. The fraction of sp³-hybridized carbons (Fsp3) is 0. The van der Waals surface area contributed by atoms with Gasteiger partial charge in [-0.3, -0.25) is 14.9 Å². The first kappa shape index (κ1) is 19.3. The number of non-ortho nitro benzene ring substituents is 1. The second kappa shape index (κ2) is 8.92. The maximum atomic E-state index is 11.9. The van der Waals surface area contributed by atoms with Gasteiger partial charge < -0.3 is 4.74 Å². The summed E-state index contributed by atoms with van der Waals surface area (Å²) in [5.41, 5.74) is 3.54. The lowest BCUT2D eigenvalue weighted by molar-refractivity contribution is -0.384. The highest BCUT2D eigenvalue weighted by molar-refractivity contribution is 5.94. The van der Waals surface area contributed by atoms with Gasteiger partial charge in [-0.15, -0.1) is 0 Å². The molecule has 142 valence electrons. The first-order valence-corrected chi connectivity index (χ1v) is 8.42. The number of hydrogen-bond donors (Lipinski definition) is 1. The van der Waals surface area contributed by atoms with E-state index >= 15 is 0 Å². The zero-order valence-electron chi connectivity index (χ0n) is 15.0. The van der Waals surface area contributed by atoms with Crippen LogP contribution in [0.4, 0.5) is 5.69 Å². The van der Waals surface area contributed by atoms with Crippen molar-refractivity contribution in [1.82, 2.24) is 5.43 Å². The number of rotatable bonds is 6. The van der Waals surface area contributed by atoms with E-state index in [2.05, 4.69) is 10.5 Å². The summed E-state index contributed by atoms with van der Waals surface area (Å²) in [7, 11) is 0. The van der Waals surface area contributed by atoms with Crippen LogP contribution < -0.4 is 10.2 Å². The molecule has 0 radical (unpaired) electrons. The maximum Gasteiger partial charge on any atom is 0.271 e. The quantitative estimate of drug-likeness (QED) is 0.390. The highest BCUT2D eigenvalue weighted by Gasteiger charge is 2.12. The number of nitro benzene ring substituents is 1. The Hall–Kier alpha value is -4.51. The Morgan fingerprint density at radius 3 is 2.48 bits per heavy atom. The van der Waals surface area contributed by atoms with Crippen LogP contribution in [0.25, 0.3) is 0 Å². The van der Waals surface area contributed by atoms with Gasteiger partial charge in [0, 0.05) is 17.7 Å². The average molecular weight is 386 g/mol. The number of hydrazone groups is 1. The Morgan fingerprint density at radius 2 is 1.83 bits per heavy atom. The molecule has 0 aliphatic heterocycles. The molecule has 0 bridgehead atoms. The van der Waals surface area contributed by atoms with E-state index in [4.69, 9.17) is 10.00 Å². The predicted molar refractivity (Wildman–Crippen MR) is 106 cm³/mol. The Bertz CT molecular complexity index is 1100. The van der Waals surface area contributed by atoms with Crippen LogP contribution in [0.1, 0.15) is 21.5 Å². The smallest absolute Gasteiger partial charge is 0.271 e. The van der Waals surface area contributed by atoms with Crippen molar-refractivity contribution in [3.8, 4) is 17.6 Å². The van der Waals surface area contributed by atoms with Gasteiger partial charge in [0.2, 0.25) is 0 Å². The van der Waals surface area contributed by atoms with Crippen LogP contribution >= 0.6 is 0 Å². The minimum absolute atomic E-state index is 0.0634. The van der Waals surface area contributed by atoms with Crippen LogP contribution in [0, 0.1) is 21.4 Å². The van der Waals surface area contributed by atoms with Gasteiger partial charge in [-0.05, 0) is 48.0 Å². The SMILES string of the molecule is N#Cc1cc([N+](=O)[O-])ccc1Oc1ccc(/C=N/NC(=O)c2ccccc2)cc1. The second-order valence-electron chi connectivity index (χ2n) is 5.79. The molecule has 3 aromatic carbocycles. The van der Waals surface area contributed by atoms with Gasteiger partial charge in [0.25, 0.3) is 11.6 Å². The van der Waals surface area contributed by atoms with E-state index in [1.807, 2.05) is 12.1 Å². The van der Waals surface area contributed by atoms with Crippen molar-refractivity contribution < 1.29 is 14.5 Å². The molecule has 8 nitrogen and oxygen atoms in total. The Labute approximate surface area is 165 Å². The highest BCUT2D eigenvalue weighted by Crippen LogP contribution is 2.28. The molecule has 0 saturated heterocycles. The molecule has 3 rings (SSSR count). The molecular formula is C21H14N4O4. The summed E-state index contributed by atoms with van der Waals surface area (Å²) in [6.45, 7) is 0. The molecule has 0 fully saturated rings. The number of benzene rings is 3. The van der Waals surface area contributed by atoms with Crippen LogP contribution in [0.5, 0.6) is 11.5 Å². The molecule has 0 aliphatic rings. The number of carbonyl (C=O) groups is 1. The number of nitrogens with one attached hydrogen (secondary N) is 1. The predicted octanol–water partition coefficient (Wildman–Crippen LogP) is 4.02. The lowest BCUT2D eigenvalue weighted by Crippen LogP contribution is -2.17. The summed E-state index contributed by atoms with van der Waals surface area (Å²) in [5, 5.41) is 23.9. The first-order chi connectivity index (χ1) is 14.1. The average Bonchev–Trinajstić information content (AvgIpc) is 2.75. The van der Waals surface area contributed by atoms with Crippen LogP contribution in [-0.4, -0.2) is 17.0 Å². The molecule has 0 atom stereocenters. The minimum atomic E-state index is -0.574. The molecule has 1 N–H and O–H groups in total. The van der Waals surface area contributed by atoms with E-state index in [9.17, 15) is 14.9 Å². The normalized spacial score (nSPS) is 10.3. The highest BCUT2D eigenvalue weighted by atomic mass is 16.6. The van der Waals surface area contributed by atoms with E-state index in [0.29, 0.717) is 11.3 Å². The molecule has 0 heterocycles. The number of nitro groups is 1. The molecule has 8 heteroatoms. The van der Waals surface area contributed by atoms with Crippen molar-refractivity contribution in [2.75, 3.05) is 0 Å². The Morgan fingerprint density at radius 1 is 1.10 bits per heavy atom. The maximum absolute atomic E-state index is 11.9. The molecule has 0 aliphatic carbocycles. The van der Waals surface area contributed by atoms with E-state index in [0.717, 1.165) is 11.6 Å². The summed E-state index contributed by atoms with van der Waals surface area (Å²) >= 11 is 0. The van der Waals surface area contributed by atoms with E-state index in [1.165, 1.54) is 18.3 Å². The fourth-order valence-corrected chi connectivity index (χ4v) is 2.38. The largest absolute Gasteiger partial charge is 0.456 e. The summed E-state index contributed by atoms with van der Waals surface area (Å²) in [4.78, 5) is 22.1. The van der Waals surface area contributed by atoms with Gasteiger partial charge in [-0.2, -0.15) is 10.4 Å². The third-order valence-electron chi connectivity index (χ3n) is 3.82. The first-order valence-electron chi connectivity index (χ1n) is 8.42. The molecule has 0 unspecified atom stereocenters. The van der Waals surface area contributed by atoms with Crippen LogP contribution in [-0.2, 0) is 0 Å². The Balaban J connectivity index is 1.64. The number of nitriles is 1. The topological polar surface area (TPSA) is 118 Å². The minimum Gasteiger partial charge on any atom is -0.456 e. The van der Waals surface area contributed by atoms with Crippen LogP contribution in [0.3, 0.4) is 0 Å². The number of nitrogens with zero attached hydrogens (tertiary/aromatic N) is 3. The zero-order valence-corrected chi connectivity index (χ0v) is 15.0. The summed E-state index contributed by atoms with van der Waals surface area (Å²) in [5.74, 6) is 0.347. The standard InChI is InChI=1S/C21H14N4O4/c22-13-17-12-18(25(27)28)8-11-20(17)29-19-9-6-15(7-10-19)14-23-24-21(26)16-4-2-1-3-5-16/h1-12,14H,(H,24,26)/b23-14+. The monoisotopic (exact) mass is 386 g/mol. The van der Waals surface area contributed by atoms with Gasteiger partial charge in [0.15, 0.2) is 0 Å². The molecular weight excluding hydrogens is 372 g/mol. The van der Waals surface area contributed by atoms with E-state index in [1.54, 1.807) is 48.5 Å². The molecule has 0 spiro atoms. The lowest BCUT2D eigenvalue weighted by atomic mass is 10.2. The van der Waals surface area contributed by atoms with Gasteiger partial charge in [0.1, 0.15) is 23.1 Å².